The van der Waals surface area contributed by atoms with Gasteiger partial charge in [-0.3, -0.25) is 0 Å². The third kappa shape index (κ3) is 4.11. The van der Waals surface area contributed by atoms with Crippen LogP contribution >= 0.6 is 22.6 Å². The number of nitrogens with zero attached hydrogens (tertiary/aromatic N) is 2. The fourth-order valence-corrected chi connectivity index (χ4v) is 4.09. The summed E-state index contributed by atoms with van der Waals surface area (Å²) in [5.74, 6) is 1.04. The summed E-state index contributed by atoms with van der Waals surface area (Å²) in [5, 5.41) is 0.199. The first-order valence-electron chi connectivity index (χ1n) is 8.43. The molecule has 24 heavy (non-hydrogen) atoms. The van der Waals surface area contributed by atoms with E-state index in [0.29, 0.717) is 0 Å². The van der Waals surface area contributed by atoms with Crippen molar-refractivity contribution in [2.24, 2.45) is 7.05 Å². The van der Waals surface area contributed by atoms with Crippen LogP contribution in [0.25, 0.3) is 11.0 Å². The smallest absolute Gasteiger partial charge is 0.192 e. The average molecular weight is 456 g/mol. The zero-order valence-electron chi connectivity index (χ0n) is 15.9. The van der Waals surface area contributed by atoms with Crippen LogP contribution in [-0.2, 0) is 11.5 Å². The summed E-state index contributed by atoms with van der Waals surface area (Å²) in [5.41, 5.74) is 3.45. The van der Waals surface area contributed by atoms with Gasteiger partial charge in [0.25, 0.3) is 0 Å². The van der Waals surface area contributed by atoms with E-state index in [1.54, 1.807) is 0 Å². The normalized spacial score (nSPS) is 14.7. The number of imidazole rings is 1. The number of hydrogen-bond donors (Lipinski definition) is 0. The van der Waals surface area contributed by atoms with E-state index in [1.807, 2.05) is 6.92 Å². The Hall–Kier alpha value is -0.663. The van der Waals surface area contributed by atoms with Gasteiger partial charge >= 0.3 is 0 Å². The van der Waals surface area contributed by atoms with E-state index in [1.165, 1.54) is 11.1 Å². The molecule has 1 aromatic heterocycles. The SMILES string of the molecule is Cc1nc2cc(C(CC=CI)O[Si](C)(C)C(C)(C)C)ccc2n1C. The zero-order chi connectivity index (χ0) is 18.1. The molecule has 0 saturated heterocycles. The van der Waals surface area contributed by atoms with Crippen LogP contribution in [0.2, 0.25) is 18.1 Å². The van der Waals surface area contributed by atoms with E-state index < -0.39 is 8.32 Å². The van der Waals surface area contributed by atoms with Crippen LogP contribution in [0, 0.1) is 6.92 Å². The monoisotopic (exact) mass is 456 g/mol. The molecule has 0 N–H and O–H groups in total. The summed E-state index contributed by atoms with van der Waals surface area (Å²) in [6.07, 6.45) is 3.17. The van der Waals surface area contributed by atoms with E-state index in [0.717, 1.165) is 17.8 Å². The summed E-state index contributed by atoms with van der Waals surface area (Å²) in [6.45, 7) is 13.5. The highest BCUT2D eigenvalue weighted by Gasteiger charge is 2.39. The molecule has 1 unspecified atom stereocenters. The van der Waals surface area contributed by atoms with Gasteiger partial charge in [0.05, 0.1) is 17.1 Å². The molecule has 0 aliphatic rings. The molecule has 1 aromatic carbocycles. The van der Waals surface area contributed by atoms with E-state index in [4.69, 9.17) is 4.43 Å². The molecule has 5 heteroatoms. The number of rotatable bonds is 5. The summed E-state index contributed by atoms with van der Waals surface area (Å²) < 4.78 is 10.9. The molecule has 0 bridgehead atoms. The lowest BCUT2D eigenvalue weighted by atomic mass is 10.1. The van der Waals surface area contributed by atoms with Crippen LogP contribution in [0.4, 0.5) is 0 Å². The van der Waals surface area contributed by atoms with Crippen molar-refractivity contribution in [2.75, 3.05) is 0 Å². The van der Waals surface area contributed by atoms with Gasteiger partial charge in [-0.1, -0.05) is 55.5 Å². The second kappa shape index (κ2) is 7.29. The summed E-state index contributed by atoms with van der Waals surface area (Å²) >= 11 is 2.27. The minimum atomic E-state index is -1.84. The number of fused-ring (bicyclic) bond motifs is 1. The van der Waals surface area contributed by atoms with Crippen LogP contribution in [0.1, 0.15) is 44.7 Å². The van der Waals surface area contributed by atoms with E-state index in [9.17, 15) is 0 Å². The average Bonchev–Trinajstić information content (AvgIpc) is 2.76. The Labute approximate surface area is 160 Å². The maximum absolute atomic E-state index is 6.73. The van der Waals surface area contributed by atoms with Gasteiger partial charge in [0, 0.05) is 7.05 Å². The molecule has 0 spiro atoms. The maximum atomic E-state index is 6.73. The van der Waals surface area contributed by atoms with Gasteiger partial charge in [-0.15, -0.1) is 0 Å². The number of aryl methyl sites for hydroxylation is 2. The van der Waals surface area contributed by atoms with Crippen LogP contribution in [0.15, 0.2) is 28.4 Å². The molecule has 1 atom stereocenters. The first-order valence-corrected chi connectivity index (χ1v) is 12.6. The molecular weight excluding hydrogens is 427 g/mol. The predicted octanol–water partition coefficient (Wildman–Crippen LogP) is 6.28. The molecule has 0 amide bonds. The lowest BCUT2D eigenvalue weighted by Crippen LogP contribution is -2.41. The fraction of sp³-hybridized carbons (Fsp3) is 0.526. The topological polar surface area (TPSA) is 27.1 Å². The Balaban J connectivity index is 2.40. The number of benzene rings is 1. The maximum Gasteiger partial charge on any atom is 0.192 e. The molecule has 0 fully saturated rings. The van der Waals surface area contributed by atoms with Gasteiger partial charge in [0.1, 0.15) is 5.82 Å². The van der Waals surface area contributed by atoms with Crippen molar-refractivity contribution >= 4 is 41.9 Å². The van der Waals surface area contributed by atoms with Gasteiger partial charge in [-0.05, 0) is 53.3 Å². The fourth-order valence-electron chi connectivity index (χ4n) is 2.50. The van der Waals surface area contributed by atoms with Crippen LogP contribution < -0.4 is 0 Å². The van der Waals surface area contributed by atoms with Gasteiger partial charge in [0.15, 0.2) is 8.32 Å². The first-order chi connectivity index (χ1) is 11.1. The molecule has 2 rings (SSSR count). The molecule has 2 aromatic rings. The lowest BCUT2D eigenvalue weighted by molar-refractivity contribution is 0.187. The quantitative estimate of drug-likeness (QED) is 0.391. The highest BCUT2D eigenvalue weighted by atomic mass is 127. The standard InChI is InChI=1S/C19H29IN2OSi/c1-14-21-16-13-15(10-11-17(16)22(14)5)18(9-8-12-20)23-24(6,7)19(2,3)4/h8,10-13,18H,9H2,1-7H3. The van der Waals surface area contributed by atoms with Crippen LogP contribution in [0.3, 0.4) is 0 Å². The Morgan fingerprint density at radius 2 is 2.00 bits per heavy atom. The molecule has 0 aliphatic carbocycles. The molecule has 3 nitrogen and oxygen atoms in total. The molecule has 1 heterocycles. The third-order valence-corrected chi connectivity index (χ3v) is 10.2. The third-order valence-electron chi connectivity index (χ3n) is 5.18. The number of aromatic nitrogens is 2. The van der Waals surface area contributed by atoms with Crippen molar-refractivity contribution in [1.82, 2.24) is 9.55 Å². The molecule has 0 aliphatic heterocycles. The largest absolute Gasteiger partial charge is 0.410 e. The Kier molecular flexibility index (Phi) is 5.98. The minimum absolute atomic E-state index is 0.0867. The van der Waals surface area contributed by atoms with Crippen molar-refractivity contribution in [1.29, 1.82) is 0 Å². The predicted molar refractivity (Wildman–Crippen MR) is 114 cm³/mol. The highest BCUT2D eigenvalue weighted by Crippen LogP contribution is 2.41. The van der Waals surface area contributed by atoms with Crippen LogP contribution in [0.5, 0.6) is 0 Å². The molecule has 0 radical (unpaired) electrons. The highest BCUT2D eigenvalue weighted by molar-refractivity contribution is 14.1. The molecular formula is C19H29IN2OSi. The van der Waals surface area contributed by atoms with Crippen molar-refractivity contribution in [3.63, 3.8) is 0 Å². The summed E-state index contributed by atoms with van der Waals surface area (Å²) in [7, 11) is 0.226. The van der Waals surface area contributed by atoms with Crippen molar-refractivity contribution in [3.05, 3.63) is 39.7 Å². The second-order valence-electron chi connectivity index (χ2n) is 7.93. The molecule has 132 valence electrons. The van der Waals surface area contributed by atoms with Gasteiger partial charge in [-0.2, -0.15) is 0 Å². The first kappa shape index (κ1) is 19.7. The van der Waals surface area contributed by atoms with Gasteiger partial charge in [-0.25, -0.2) is 4.98 Å². The lowest BCUT2D eigenvalue weighted by Gasteiger charge is -2.39. The van der Waals surface area contributed by atoms with Crippen molar-refractivity contribution in [3.8, 4) is 0 Å². The number of halogens is 1. The second-order valence-corrected chi connectivity index (χ2v) is 13.4. The van der Waals surface area contributed by atoms with Crippen molar-refractivity contribution < 1.29 is 4.43 Å². The van der Waals surface area contributed by atoms with Crippen molar-refractivity contribution in [2.45, 2.75) is 58.4 Å². The zero-order valence-corrected chi connectivity index (χ0v) is 19.0. The Morgan fingerprint density at radius 1 is 1.33 bits per heavy atom. The van der Waals surface area contributed by atoms with E-state index in [-0.39, 0.29) is 11.1 Å². The van der Waals surface area contributed by atoms with Gasteiger partial charge < -0.3 is 8.99 Å². The Morgan fingerprint density at radius 3 is 2.58 bits per heavy atom. The molecule has 0 saturated carbocycles. The van der Waals surface area contributed by atoms with Gasteiger partial charge in [0.2, 0.25) is 0 Å². The van der Waals surface area contributed by atoms with Crippen LogP contribution in [-0.4, -0.2) is 17.9 Å². The van der Waals surface area contributed by atoms with E-state index in [2.05, 4.69) is 101 Å². The summed E-state index contributed by atoms with van der Waals surface area (Å²) in [6, 6.07) is 6.56. The Bertz CT molecular complexity index is 744. The number of hydrogen-bond acceptors (Lipinski definition) is 2. The van der Waals surface area contributed by atoms with E-state index >= 15 is 0 Å². The summed E-state index contributed by atoms with van der Waals surface area (Å²) in [4.78, 5) is 4.68. The minimum Gasteiger partial charge on any atom is -0.410 e.